The number of hydrogen-bond acceptors (Lipinski definition) is 4. The summed E-state index contributed by atoms with van der Waals surface area (Å²) >= 11 is 0. The smallest absolute Gasteiger partial charge is 0.240 e. The monoisotopic (exact) mass is 440 g/mol. The van der Waals surface area contributed by atoms with Crippen LogP contribution in [0.2, 0.25) is 0 Å². The molecule has 0 spiro atoms. The molecule has 2 aliphatic carbocycles. The maximum Gasteiger partial charge on any atom is 0.240 e. The van der Waals surface area contributed by atoms with Gasteiger partial charge in [0.25, 0.3) is 0 Å². The molecule has 3 rings (SSSR count). The standard InChI is InChI=1S/C20H32N4O3S2/c1-3-28(25)18-6-4-5-17(13-18)23-20(21-2)22-14-15-7-11-19(12-8-15)29(26,27)24-16-9-10-16/h7-8,11-12,16-18,24H,3-6,9-10,13-14H2,1-2H3,(H2,21,22,23). The van der Waals surface area contributed by atoms with E-state index in [1.165, 1.54) is 0 Å². The van der Waals surface area contributed by atoms with Gasteiger partial charge in [0.1, 0.15) is 0 Å². The lowest BCUT2D eigenvalue weighted by Crippen LogP contribution is -2.46. The molecule has 1 aromatic rings. The van der Waals surface area contributed by atoms with Crippen LogP contribution in [0.5, 0.6) is 0 Å². The summed E-state index contributed by atoms with van der Waals surface area (Å²) in [4.78, 5) is 4.60. The number of nitrogens with one attached hydrogen (secondary N) is 3. The average molecular weight is 441 g/mol. The average Bonchev–Trinajstić information content (AvgIpc) is 3.54. The molecule has 3 atom stereocenters. The fourth-order valence-corrected chi connectivity index (χ4v) is 6.25. The number of nitrogens with zero attached hydrogens (tertiary/aromatic N) is 1. The van der Waals surface area contributed by atoms with E-state index in [2.05, 4.69) is 20.3 Å². The van der Waals surface area contributed by atoms with Crippen LogP contribution in [0.3, 0.4) is 0 Å². The number of hydrogen-bond donors (Lipinski definition) is 3. The van der Waals surface area contributed by atoms with E-state index in [4.69, 9.17) is 0 Å². The van der Waals surface area contributed by atoms with Gasteiger partial charge >= 0.3 is 0 Å². The van der Waals surface area contributed by atoms with Crippen molar-refractivity contribution in [3.8, 4) is 0 Å². The molecular weight excluding hydrogens is 408 g/mol. The Balaban J connectivity index is 1.51. The van der Waals surface area contributed by atoms with Crippen molar-refractivity contribution < 1.29 is 12.6 Å². The Morgan fingerprint density at radius 2 is 1.86 bits per heavy atom. The summed E-state index contributed by atoms with van der Waals surface area (Å²) in [5.74, 6) is 1.43. The van der Waals surface area contributed by atoms with Crippen molar-refractivity contribution in [3.63, 3.8) is 0 Å². The Hall–Kier alpha value is -1.45. The highest BCUT2D eigenvalue weighted by Crippen LogP contribution is 2.23. The molecule has 0 heterocycles. The third kappa shape index (κ3) is 6.52. The molecule has 2 fully saturated rings. The molecule has 0 bridgehead atoms. The fourth-order valence-electron chi connectivity index (χ4n) is 3.60. The van der Waals surface area contributed by atoms with Crippen LogP contribution in [0.1, 0.15) is 51.0 Å². The van der Waals surface area contributed by atoms with Gasteiger partial charge in [0, 0.05) is 47.5 Å². The van der Waals surface area contributed by atoms with E-state index < -0.39 is 20.8 Å². The fraction of sp³-hybridized carbons (Fsp3) is 0.650. The van der Waals surface area contributed by atoms with Gasteiger partial charge in [-0.2, -0.15) is 0 Å². The van der Waals surface area contributed by atoms with Crippen molar-refractivity contribution in [2.45, 2.75) is 74.2 Å². The topological polar surface area (TPSA) is 99.7 Å². The van der Waals surface area contributed by atoms with Crippen LogP contribution in [0.15, 0.2) is 34.2 Å². The second-order valence-electron chi connectivity index (χ2n) is 7.76. The van der Waals surface area contributed by atoms with Crippen molar-refractivity contribution in [1.82, 2.24) is 15.4 Å². The summed E-state index contributed by atoms with van der Waals surface area (Å²) in [6.07, 6.45) is 5.92. The lowest BCUT2D eigenvalue weighted by Gasteiger charge is -2.30. The number of sulfonamides is 1. The second kappa shape index (κ2) is 10.0. The van der Waals surface area contributed by atoms with E-state index in [0.717, 1.165) is 44.1 Å². The van der Waals surface area contributed by atoms with Gasteiger partial charge in [-0.25, -0.2) is 13.1 Å². The molecule has 0 aromatic heterocycles. The Bertz CT molecular complexity index is 836. The molecule has 0 aliphatic heterocycles. The Labute approximate surface area is 176 Å². The van der Waals surface area contributed by atoms with Gasteiger partial charge < -0.3 is 10.6 Å². The Morgan fingerprint density at radius 1 is 1.14 bits per heavy atom. The van der Waals surface area contributed by atoms with Crippen LogP contribution in [-0.2, 0) is 27.4 Å². The van der Waals surface area contributed by atoms with Gasteiger partial charge in [0.15, 0.2) is 5.96 Å². The van der Waals surface area contributed by atoms with Crippen LogP contribution in [0.25, 0.3) is 0 Å². The van der Waals surface area contributed by atoms with Gasteiger partial charge in [0.05, 0.1) is 4.90 Å². The quantitative estimate of drug-likeness (QED) is 0.423. The largest absolute Gasteiger partial charge is 0.354 e. The maximum atomic E-state index is 12.2. The minimum absolute atomic E-state index is 0.102. The zero-order valence-corrected chi connectivity index (χ0v) is 18.8. The van der Waals surface area contributed by atoms with Gasteiger partial charge in [-0.05, 0) is 49.8 Å². The molecule has 7 nitrogen and oxygen atoms in total. The lowest BCUT2D eigenvalue weighted by atomic mass is 9.95. The first-order valence-electron chi connectivity index (χ1n) is 10.4. The predicted octanol–water partition coefficient (Wildman–Crippen LogP) is 1.87. The van der Waals surface area contributed by atoms with Gasteiger partial charge in [0.2, 0.25) is 10.0 Å². The summed E-state index contributed by atoms with van der Waals surface area (Å²) in [7, 11) is -2.43. The number of rotatable bonds is 8. The Kier molecular flexibility index (Phi) is 7.70. The highest BCUT2D eigenvalue weighted by atomic mass is 32.2. The van der Waals surface area contributed by atoms with Crippen LogP contribution in [-0.4, -0.2) is 48.7 Å². The second-order valence-corrected chi connectivity index (χ2v) is 11.5. The summed E-state index contributed by atoms with van der Waals surface area (Å²) in [6, 6.07) is 7.31. The van der Waals surface area contributed by atoms with E-state index >= 15 is 0 Å². The summed E-state index contributed by atoms with van der Waals surface area (Å²) in [5, 5.41) is 7.00. The summed E-state index contributed by atoms with van der Waals surface area (Å²) in [5.41, 5.74) is 0.979. The molecule has 2 aliphatic rings. The predicted molar refractivity (Wildman–Crippen MR) is 118 cm³/mol. The van der Waals surface area contributed by atoms with Crippen LogP contribution in [0.4, 0.5) is 0 Å². The van der Waals surface area contributed by atoms with Crippen molar-refractivity contribution >= 4 is 26.8 Å². The third-order valence-corrected chi connectivity index (χ3v) is 8.72. The Morgan fingerprint density at radius 3 is 2.48 bits per heavy atom. The number of aliphatic imine (C=N–C) groups is 1. The van der Waals surface area contributed by atoms with Gasteiger partial charge in [-0.3, -0.25) is 9.20 Å². The molecule has 29 heavy (non-hydrogen) atoms. The third-order valence-electron chi connectivity index (χ3n) is 5.44. The SMILES string of the molecule is CCS(=O)C1CCCC(NC(=NC)NCc2ccc(S(=O)(=O)NC3CC3)cc2)C1. The zero-order valence-electron chi connectivity index (χ0n) is 17.2. The highest BCUT2D eigenvalue weighted by molar-refractivity contribution is 7.89. The molecule has 0 radical (unpaired) electrons. The zero-order chi connectivity index (χ0) is 20.9. The summed E-state index contributed by atoms with van der Waals surface area (Å²) < 4.78 is 39.3. The first-order chi connectivity index (χ1) is 13.9. The van der Waals surface area contributed by atoms with Crippen molar-refractivity contribution in [2.24, 2.45) is 4.99 Å². The van der Waals surface area contributed by atoms with Crippen LogP contribution in [0, 0.1) is 0 Å². The molecule has 9 heteroatoms. The van der Waals surface area contributed by atoms with Gasteiger partial charge in [-0.15, -0.1) is 0 Å². The van der Waals surface area contributed by atoms with Crippen molar-refractivity contribution in [2.75, 3.05) is 12.8 Å². The molecule has 2 saturated carbocycles. The van der Waals surface area contributed by atoms with Crippen molar-refractivity contribution in [3.05, 3.63) is 29.8 Å². The first-order valence-corrected chi connectivity index (χ1v) is 13.2. The van der Waals surface area contributed by atoms with Crippen LogP contribution < -0.4 is 15.4 Å². The first kappa shape index (κ1) is 22.2. The molecule has 3 N–H and O–H groups in total. The minimum Gasteiger partial charge on any atom is -0.354 e. The number of guanidine groups is 1. The molecule has 162 valence electrons. The van der Waals surface area contributed by atoms with Crippen LogP contribution >= 0.6 is 0 Å². The molecule has 0 amide bonds. The highest BCUT2D eigenvalue weighted by Gasteiger charge is 2.28. The van der Waals surface area contributed by atoms with E-state index in [1.807, 2.05) is 19.1 Å². The maximum absolute atomic E-state index is 12.2. The van der Waals surface area contributed by atoms with E-state index in [-0.39, 0.29) is 17.3 Å². The number of benzene rings is 1. The van der Waals surface area contributed by atoms with E-state index in [1.54, 1.807) is 19.2 Å². The molecular formula is C20H32N4O3S2. The normalized spacial score (nSPS) is 24.1. The van der Waals surface area contributed by atoms with E-state index in [0.29, 0.717) is 23.2 Å². The van der Waals surface area contributed by atoms with E-state index in [9.17, 15) is 12.6 Å². The van der Waals surface area contributed by atoms with Crippen molar-refractivity contribution in [1.29, 1.82) is 0 Å². The molecule has 0 saturated heterocycles. The molecule has 1 aromatic carbocycles. The lowest BCUT2D eigenvalue weighted by molar-refractivity contribution is 0.413. The minimum atomic E-state index is -3.41. The summed E-state index contributed by atoms with van der Waals surface area (Å²) in [6.45, 7) is 2.53. The molecule has 3 unspecified atom stereocenters. The van der Waals surface area contributed by atoms with Gasteiger partial charge in [-0.1, -0.05) is 25.5 Å².